The molecule has 1 aliphatic heterocycles. The molecule has 0 atom stereocenters. The monoisotopic (exact) mass is 297 g/mol. The van der Waals surface area contributed by atoms with E-state index in [4.69, 9.17) is 4.74 Å². The molecule has 0 spiro atoms. The lowest BCUT2D eigenvalue weighted by Crippen LogP contribution is -2.54. The van der Waals surface area contributed by atoms with E-state index in [0.717, 1.165) is 25.3 Å². The van der Waals surface area contributed by atoms with Gasteiger partial charge in [0.15, 0.2) is 0 Å². The molecule has 1 saturated carbocycles. The van der Waals surface area contributed by atoms with E-state index in [2.05, 4.69) is 22.6 Å². The summed E-state index contributed by atoms with van der Waals surface area (Å²) in [6.07, 6.45) is 4.35. The van der Waals surface area contributed by atoms with Crippen LogP contribution >= 0.6 is 0 Å². The minimum absolute atomic E-state index is 0.273. The van der Waals surface area contributed by atoms with Crippen LogP contribution in [0.5, 0.6) is 0 Å². The lowest BCUT2D eigenvalue weighted by molar-refractivity contribution is 0.0463. The molecule has 2 rings (SSSR count). The van der Waals surface area contributed by atoms with Crippen LogP contribution in [0.15, 0.2) is 0 Å². The summed E-state index contributed by atoms with van der Waals surface area (Å²) >= 11 is 0. The molecule has 0 aromatic carbocycles. The molecule has 1 amide bonds. The van der Waals surface area contributed by atoms with Crippen LogP contribution < -0.4 is 10.6 Å². The Labute approximate surface area is 128 Å². The molecule has 2 N–H and O–H groups in total. The molecule has 122 valence electrons. The van der Waals surface area contributed by atoms with Crippen molar-refractivity contribution in [3.8, 4) is 0 Å². The molecule has 1 saturated heterocycles. The standard InChI is InChI=1S/C16H31N3O2/c1-16(2,3)21-15(20)18-14-9-13(10-14)17-11-12-5-7-19(4)8-6-12/h12-14,17H,5-11H2,1-4H3,(H,18,20). The summed E-state index contributed by atoms with van der Waals surface area (Å²) in [6.45, 7) is 9.23. The third-order valence-corrected chi connectivity index (χ3v) is 4.39. The molecule has 2 fully saturated rings. The fraction of sp³-hybridized carbons (Fsp3) is 0.938. The van der Waals surface area contributed by atoms with Gasteiger partial charge in [-0.3, -0.25) is 0 Å². The van der Waals surface area contributed by atoms with Gasteiger partial charge in [0.1, 0.15) is 5.60 Å². The van der Waals surface area contributed by atoms with Crippen LogP contribution in [0.25, 0.3) is 0 Å². The van der Waals surface area contributed by atoms with Crippen molar-refractivity contribution in [1.82, 2.24) is 15.5 Å². The van der Waals surface area contributed by atoms with Gasteiger partial charge in [0, 0.05) is 12.1 Å². The van der Waals surface area contributed by atoms with Crippen LogP contribution in [0, 0.1) is 5.92 Å². The van der Waals surface area contributed by atoms with Crippen LogP contribution in [0.3, 0.4) is 0 Å². The van der Waals surface area contributed by atoms with E-state index < -0.39 is 5.60 Å². The number of carbonyl (C=O) groups excluding carboxylic acids is 1. The lowest BCUT2D eigenvalue weighted by Gasteiger charge is -2.38. The maximum Gasteiger partial charge on any atom is 0.407 e. The highest BCUT2D eigenvalue weighted by Gasteiger charge is 2.31. The zero-order chi connectivity index (χ0) is 15.5. The molecule has 1 heterocycles. The first-order valence-electron chi connectivity index (χ1n) is 8.23. The number of piperidine rings is 1. The summed E-state index contributed by atoms with van der Waals surface area (Å²) < 4.78 is 5.27. The predicted molar refractivity (Wildman–Crippen MR) is 84.4 cm³/mol. The number of amides is 1. The lowest BCUT2D eigenvalue weighted by atomic mass is 9.86. The van der Waals surface area contributed by atoms with Crippen molar-refractivity contribution < 1.29 is 9.53 Å². The molecule has 0 radical (unpaired) electrons. The first kappa shape index (κ1) is 16.6. The van der Waals surface area contributed by atoms with Crippen molar-refractivity contribution in [2.75, 3.05) is 26.7 Å². The number of rotatable bonds is 4. The second-order valence-corrected chi connectivity index (χ2v) is 7.67. The zero-order valence-electron chi connectivity index (χ0n) is 13.9. The predicted octanol–water partition coefficient (Wildman–Crippen LogP) is 1.97. The number of ether oxygens (including phenoxy) is 1. The van der Waals surface area contributed by atoms with Gasteiger partial charge in [-0.15, -0.1) is 0 Å². The first-order valence-corrected chi connectivity index (χ1v) is 8.23. The van der Waals surface area contributed by atoms with E-state index in [1.807, 2.05) is 20.8 Å². The molecule has 0 bridgehead atoms. The highest BCUT2D eigenvalue weighted by Crippen LogP contribution is 2.22. The third kappa shape index (κ3) is 5.83. The van der Waals surface area contributed by atoms with Crippen LogP contribution in [-0.2, 0) is 4.74 Å². The van der Waals surface area contributed by atoms with Gasteiger partial charge in [0.25, 0.3) is 0 Å². The van der Waals surface area contributed by atoms with E-state index in [0.29, 0.717) is 6.04 Å². The SMILES string of the molecule is CN1CCC(CNC2CC(NC(=O)OC(C)(C)C)C2)CC1. The fourth-order valence-electron chi connectivity index (χ4n) is 2.98. The van der Waals surface area contributed by atoms with Crippen LogP contribution in [0.1, 0.15) is 46.5 Å². The molecular weight excluding hydrogens is 266 g/mol. The maximum atomic E-state index is 11.6. The summed E-state index contributed by atoms with van der Waals surface area (Å²) in [5.74, 6) is 0.819. The van der Waals surface area contributed by atoms with Crippen molar-refractivity contribution in [2.24, 2.45) is 5.92 Å². The quantitative estimate of drug-likeness (QED) is 0.833. The molecular formula is C16H31N3O2. The molecule has 21 heavy (non-hydrogen) atoms. The number of likely N-dealkylation sites (tertiary alicyclic amines) is 1. The van der Waals surface area contributed by atoms with Crippen LogP contribution in [0.4, 0.5) is 4.79 Å². The van der Waals surface area contributed by atoms with Gasteiger partial charge >= 0.3 is 6.09 Å². The zero-order valence-corrected chi connectivity index (χ0v) is 13.9. The summed E-state index contributed by atoms with van der Waals surface area (Å²) in [7, 11) is 2.20. The molecule has 2 aliphatic rings. The summed E-state index contributed by atoms with van der Waals surface area (Å²) in [4.78, 5) is 14.0. The minimum atomic E-state index is -0.417. The topological polar surface area (TPSA) is 53.6 Å². The Hall–Kier alpha value is -0.810. The maximum absolute atomic E-state index is 11.6. The van der Waals surface area contributed by atoms with E-state index in [-0.39, 0.29) is 12.1 Å². The number of hydrogen-bond acceptors (Lipinski definition) is 4. The minimum Gasteiger partial charge on any atom is -0.444 e. The number of hydrogen-bond donors (Lipinski definition) is 2. The Morgan fingerprint density at radius 1 is 1.19 bits per heavy atom. The molecule has 0 aromatic heterocycles. The fourth-order valence-corrected chi connectivity index (χ4v) is 2.98. The molecule has 1 aliphatic carbocycles. The molecule has 5 heteroatoms. The van der Waals surface area contributed by atoms with Crippen molar-refractivity contribution in [1.29, 1.82) is 0 Å². The first-order chi connectivity index (χ1) is 9.82. The second-order valence-electron chi connectivity index (χ2n) is 7.67. The van der Waals surface area contributed by atoms with E-state index in [1.165, 1.54) is 25.9 Å². The third-order valence-electron chi connectivity index (χ3n) is 4.39. The van der Waals surface area contributed by atoms with Crippen molar-refractivity contribution in [3.05, 3.63) is 0 Å². The van der Waals surface area contributed by atoms with Crippen molar-refractivity contribution >= 4 is 6.09 Å². The Morgan fingerprint density at radius 2 is 1.81 bits per heavy atom. The van der Waals surface area contributed by atoms with Gasteiger partial charge in [-0.25, -0.2) is 4.79 Å². The Kier molecular flexibility index (Phi) is 5.49. The van der Waals surface area contributed by atoms with Gasteiger partial charge < -0.3 is 20.3 Å². The number of nitrogens with one attached hydrogen (secondary N) is 2. The summed E-state index contributed by atoms with van der Waals surface area (Å²) in [6, 6.07) is 0.833. The van der Waals surface area contributed by atoms with Gasteiger partial charge in [0.2, 0.25) is 0 Å². The largest absolute Gasteiger partial charge is 0.444 e. The summed E-state index contributed by atoms with van der Waals surface area (Å²) in [5.41, 5.74) is -0.417. The Balaban J connectivity index is 1.54. The normalized spacial score (nSPS) is 28.0. The highest BCUT2D eigenvalue weighted by atomic mass is 16.6. The molecule has 0 aromatic rings. The average molecular weight is 297 g/mol. The van der Waals surface area contributed by atoms with E-state index in [9.17, 15) is 4.79 Å². The van der Waals surface area contributed by atoms with E-state index in [1.54, 1.807) is 0 Å². The molecule has 0 unspecified atom stereocenters. The van der Waals surface area contributed by atoms with Crippen LogP contribution in [0.2, 0.25) is 0 Å². The number of nitrogens with zero attached hydrogens (tertiary/aromatic N) is 1. The average Bonchev–Trinajstić information content (AvgIpc) is 2.31. The van der Waals surface area contributed by atoms with Crippen LogP contribution in [-0.4, -0.2) is 55.4 Å². The van der Waals surface area contributed by atoms with Crippen molar-refractivity contribution in [2.45, 2.75) is 64.1 Å². The van der Waals surface area contributed by atoms with Gasteiger partial charge in [-0.05, 0) is 79.1 Å². The Morgan fingerprint density at radius 3 is 2.38 bits per heavy atom. The van der Waals surface area contributed by atoms with E-state index >= 15 is 0 Å². The van der Waals surface area contributed by atoms with Gasteiger partial charge in [-0.2, -0.15) is 0 Å². The Bertz CT molecular complexity index is 340. The molecule has 5 nitrogen and oxygen atoms in total. The second kappa shape index (κ2) is 6.97. The smallest absolute Gasteiger partial charge is 0.407 e. The highest BCUT2D eigenvalue weighted by molar-refractivity contribution is 5.68. The number of alkyl carbamates (subject to hydrolysis) is 1. The number of carbonyl (C=O) groups is 1. The van der Waals surface area contributed by atoms with Crippen molar-refractivity contribution in [3.63, 3.8) is 0 Å². The van der Waals surface area contributed by atoms with Gasteiger partial charge in [-0.1, -0.05) is 0 Å². The van der Waals surface area contributed by atoms with Gasteiger partial charge in [0.05, 0.1) is 0 Å². The summed E-state index contributed by atoms with van der Waals surface area (Å²) in [5, 5.41) is 6.58.